The first-order valence-electron chi connectivity index (χ1n) is 6.03. The quantitative estimate of drug-likeness (QED) is 0.641. The van der Waals surface area contributed by atoms with Gasteiger partial charge in [0, 0.05) is 0 Å². The molecule has 1 rings (SSSR count). The van der Waals surface area contributed by atoms with Crippen LogP contribution in [0.5, 0.6) is 0 Å². The van der Waals surface area contributed by atoms with Crippen LogP contribution >= 0.6 is 0 Å². The molecule has 0 saturated carbocycles. The van der Waals surface area contributed by atoms with Crippen molar-refractivity contribution in [2.75, 3.05) is 14.1 Å². The zero-order chi connectivity index (χ0) is 13.8. The SMILES string of the molecule is CCC(C)(O)C(OC(=O)c1ccccc1)N(C)C. The lowest BCUT2D eigenvalue weighted by atomic mass is 10.0. The Morgan fingerprint density at radius 3 is 2.39 bits per heavy atom. The molecule has 0 bridgehead atoms. The second-order valence-electron chi connectivity index (χ2n) is 4.80. The van der Waals surface area contributed by atoms with Gasteiger partial charge in [-0.25, -0.2) is 4.79 Å². The number of carbonyl (C=O) groups excluding carboxylic acids is 1. The van der Waals surface area contributed by atoms with Crippen LogP contribution in [0.2, 0.25) is 0 Å². The maximum Gasteiger partial charge on any atom is 0.339 e. The van der Waals surface area contributed by atoms with Gasteiger partial charge < -0.3 is 9.84 Å². The highest BCUT2D eigenvalue weighted by Gasteiger charge is 2.35. The number of benzene rings is 1. The van der Waals surface area contributed by atoms with Crippen molar-refractivity contribution in [3.05, 3.63) is 35.9 Å². The molecule has 0 heterocycles. The van der Waals surface area contributed by atoms with E-state index in [1.807, 2.05) is 13.0 Å². The highest BCUT2D eigenvalue weighted by Crippen LogP contribution is 2.20. The van der Waals surface area contributed by atoms with Gasteiger partial charge in [0.2, 0.25) is 0 Å². The van der Waals surface area contributed by atoms with Crippen LogP contribution < -0.4 is 0 Å². The molecule has 1 aromatic carbocycles. The highest BCUT2D eigenvalue weighted by atomic mass is 16.6. The number of ether oxygens (including phenoxy) is 1. The number of hydrogen-bond donors (Lipinski definition) is 1. The molecule has 4 nitrogen and oxygen atoms in total. The van der Waals surface area contributed by atoms with Gasteiger partial charge in [0.25, 0.3) is 0 Å². The van der Waals surface area contributed by atoms with Crippen molar-refractivity contribution in [1.29, 1.82) is 0 Å². The zero-order valence-corrected chi connectivity index (χ0v) is 11.4. The molecule has 0 saturated heterocycles. The summed E-state index contributed by atoms with van der Waals surface area (Å²) in [5, 5.41) is 10.2. The van der Waals surface area contributed by atoms with E-state index in [-0.39, 0.29) is 0 Å². The molecule has 2 unspecified atom stereocenters. The predicted octanol–water partition coefficient (Wildman–Crippen LogP) is 1.89. The summed E-state index contributed by atoms with van der Waals surface area (Å²) >= 11 is 0. The molecule has 0 fully saturated rings. The van der Waals surface area contributed by atoms with Crippen molar-refractivity contribution in [2.45, 2.75) is 32.1 Å². The number of likely N-dealkylation sites (N-methyl/N-ethyl adjacent to an activating group) is 1. The Labute approximate surface area is 108 Å². The zero-order valence-electron chi connectivity index (χ0n) is 11.4. The second-order valence-corrected chi connectivity index (χ2v) is 4.80. The van der Waals surface area contributed by atoms with Crippen molar-refractivity contribution in [2.24, 2.45) is 0 Å². The van der Waals surface area contributed by atoms with E-state index in [1.54, 1.807) is 50.2 Å². The molecular weight excluding hydrogens is 230 g/mol. The van der Waals surface area contributed by atoms with Crippen LogP contribution in [0.1, 0.15) is 30.6 Å². The third-order valence-corrected chi connectivity index (χ3v) is 2.94. The van der Waals surface area contributed by atoms with Crippen LogP contribution in [-0.2, 0) is 4.74 Å². The summed E-state index contributed by atoms with van der Waals surface area (Å²) in [6.07, 6.45) is -0.173. The Balaban J connectivity index is 2.83. The lowest BCUT2D eigenvalue weighted by molar-refractivity contribution is -0.132. The van der Waals surface area contributed by atoms with Crippen LogP contribution in [0.15, 0.2) is 30.3 Å². The van der Waals surface area contributed by atoms with Gasteiger partial charge in [-0.05, 0) is 39.6 Å². The van der Waals surface area contributed by atoms with Gasteiger partial charge in [-0.2, -0.15) is 0 Å². The van der Waals surface area contributed by atoms with Gasteiger partial charge in [-0.3, -0.25) is 4.90 Å². The summed E-state index contributed by atoms with van der Waals surface area (Å²) in [5.41, 5.74) is -0.593. The summed E-state index contributed by atoms with van der Waals surface area (Å²) in [6.45, 7) is 3.52. The summed E-state index contributed by atoms with van der Waals surface area (Å²) in [7, 11) is 3.54. The number of rotatable bonds is 5. The van der Waals surface area contributed by atoms with Gasteiger partial charge >= 0.3 is 5.97 Å². The van der Waals surface area contributed by atoms with E-state index in [2.05, 4.69) is 0 Å². The van der Waals surface area contributed by atoms with Gasteiger partial charge in [-0.1, -0.05) is 25.1 Å². The van der Waals surface area contributed by atoms with Gasteiger partial charge in [0.1, 0.15) is 5.60 Å². The monoisotopic (exact) mass is 251 g/mol. The second kappa shape index (κ2) is 5.98. The summed E-state index contributed by atoms with van der Waals surface area (Å²) in [6, 6.07) is 8.77. The molecule has 0 spiro atoms. The van der Waals surface area contributed by atoms with Crippen molar-refractivity contribution >= 4 is 5.97 Å². The van der Waals surface area contributed by atoms with Crippen LogP contribution in [-0.4, -0.2) is 41.9 Å². The molecule has 0 aliphatic heterocycles. The average Bonchev–Trinajstić information content (AvgIpc) is 2.36. The number of nitrogens with zero attached hydrogens (tertiary/aromatic N) is 1. The molecule has 0 aromatic heterocycles. The third-order valence-electron chi connectivity index (χ3n) is 2.94. The normalized spacial score (nSPS) is 16.1. The summed E-state index contributed by atoms with van der Waals surface area (Å²) in [4.78, 5) is 13.7. The summed E-state index contributed by atoms with van der Waals surface area (Å²) in [5.74, 6) is -0.428. The topological polar surface area (TPSA) is 49.8 Å². The molecule has 0 radical (unpaired) electrons. The van der Waals surface area contributed by atoms with E-state index in [4.69, 9.17) is 4.74 Å². The number of esters is 1. The Bertz CT molecular complexity index is 387. The van der Waals surface area contributed by atoms with E-state index in [0.717, 1.165) is 0 Å². The molecular formula is C14H21NO3. The van der Waals surface area contributed by atoms with Crippen molar-refractivity contribution < 1.29 is 14.6 Å². The minimum atomic E-state index is -1.08. The lowest BCUT2D eigenvalue weighted by Crippen LogP contribution is -2.50. The first-order chi connectivity index (χ1) is 8.38. The van der Waals surface area contributed by atoms with Crippen LogP contribution in [0.4, 0.5) is 0 Å². The minimum Gasteiger partial charge on any atom is -0.440 e. The maximum atomic E-state index is 12.0. The standard InChI is InChI=1S/C14H21NO3/c1-5-14(2,17)13(15(3)4)18-12(16)11-9-7-6-8-10-11/h6-10,13,17H,5H2,1-4H3. The van der Waals surface area contributed by atoms with E-state index in [9.17, 15) is 9.90 Å². The number of aliphatic hydroxyl groups is 1. The van der Waals surface area contributed by atoms with E-state index >= 15 is 0 Å². The minimum absolute atomic E-state index is 0.428. The summed E-state index contributed by atoms with van der Waals surface area (Å²) < 4.78 is 5.39. The maximum absolute atomic E-state index is 12.0. The Hall–Kier alpha value is -1.39. The highest BCUT2D eigenvalue weighted by molar-refractivity contribution is 5.89. The molecule has 1 N–H and O–H groups in total. The van der Waals surface area contributed by atoms with Crippen molar-refractivity contribution in [1.82, 2.24) is 4.90 Å². The Kier molecular flexibility index (Phi) is 4.87. The lowest BCUT2D eigenvalue weighted by Gasteiger charge is -2.35. The average molecular weight is 251 g/mol. The van der Waals surface area contributed by atoms with E-state index in [0.29, 0.717) is 12.0 Å². The molecule has 18 heavy (non-hydrogen) atoms. The Morgan fingerprint density at radius 2 is 1.94 bits per heavy atom. The van der Waals surface area contributed by atoms with Gasteiger partial charge in [0.15, 0.2) is 6.23 Å². The fourth-order valence-corrected chi connectivity index (χ4v) is 1.71. The molecule has 0 amide bonds. The van der Waals surface area contributed by atoms with Crippen molar-refractivity contribution in [3.63, 3.8) is 0 Å². The number of hydrogen-bond acceptors (Lipinski definition) is 4. The fraction of sp³-hybridized carbons (Fsp3) is 0.500. The first-order valence-corrected chi connectivity index (χ1v) is 6.03. The van der Waals surface area contributed by atoms with Crippen LogP contribution in [0.25, 0.3) is 0 Å². The van der Waals surface area contributed by atoms with Gasteiger partial charge in [-0.15, -0.1) is 0 Å². The van der Waals surface area contributed by atoms with Crippen molar-refractivity contribution in [3.8, 4) is 0 Å². The molecule has 4 heteroatoms. The largest absolute Gasteiger partial charge is 0.440 e. The molecule has 2 atom stereocenters. The molecule has 0 aliphatic carbocycles. The Morgan fingerprint density at radius 1 is 1.39 bits per heavy atom. The smallest absolute Gasteiger partial charge is 0.339 e. The first kappa shape index (κ1) is 14.7. The molecule has 1 aromatic rings. The molecule has 0 aliphatic rings. The van der Waals surface area contributed by atoms with Crippen LogP contribution in [0.3, 0.4) is 0 Å². The third kappa shape index (κ3) is 3.55. The predicted molar refractivity (Wildman–Crippen MR) is 70.2 cm³/mol. The molecule has 100 valence electrons. The van der Waals surface area contributed by atoms with Gasteiger partial charge in [0.05, 0.1) is 5.56 Å². The van der Waals surface area contributed by atoms with E-state index in [1.165, 1.54) is 0 Å². The number of carbonyl (C=O) groups is 1. The fourth-order valence-electron chi connectivity index (χ4n) is 1.71. The van der Waals surface area contributed by atoms with E-state index < -0.39 is 17.8 Å². The van der Waals surface area contributed by atoms with Crippen LogP contribution in [0, 0.1) is 0 Å².